The Balaban J connectivity index is 1.57. The molecule has 0 bridgehead atoms. The van der Waals surface area contributed by atoms with Gasteiger partial charge in [0.15, 0.2) is 11.0 Å². The average Bonchev–Trinajstić information content (AvgIpc) is 3.18. The molecule has 1 aliphatic rings. The number of thioether (sulfide) groups is 1. The quantitative estimate of drug-likeness (QED) is 0.642. The number of nitrogens with one attached hydrogen (secondary N) is 1. The lowest BCUT2D eigenvalue weighted by Gasteiger charge is -2.26. The maximum atomic E-state index is 12.4. The highest BCUT2D eigenvalue weighted by molar-refractivity contribution is 7.99. The number of methoxy groups -OCH3 is 1. The van der Waals surface area contributed by atoms with Crippen LogP contribution in [0.2, 0.25) is 0 Å². The zero-order valence-corrected chi connectivity index (χ0v) is 17.4. The van der Waals surface area contributed by atoms with Crippen molar-refractivity contribution in [1.82, 2.24) is 25.0 Å². The van der Waals surface area contributed by atoms with Crippen LogP contribution in [-0.2, 0) is 22.6 Å². The first-order chi connectivity index (χ1) is 14.1. The van der Waals surface area contributed by atoms with E-state index in [0.29, 0.717) is 60.9 Å². The van der Waals surface area contributed by atoms with Crippen LogP contribution in [0.15, 0.2) is 29.4 Å². The van der Waals surface area contributed by atoms with Crippen LogP contribution in [0.3, 0.4) is 0 Å². The molecule has 1 aliphatic heterocycles. The molecule has 1 saturated heterocycles. The van der Waals surface area contributed by atoms with Crippen LogP contribution in [0.5, 0.6) is 5.75 Å². The highest BCUT2D eigenvalue weighted by atomic mass is 32.2. The third-order valence-electron chi connectivity index (χ3n) is 4.54. The van der Waals surface area contributed by atoms with Crippen LogP contribution in [-0.4, -0.2) is 70.6 Å². The van der Waals surface area contributed by atoms with Gasteiger partial charge in [-0.3, -0.25) is 9.59 Å². The lowest BCUT2D eigenvalue weighted by Crippen LogP contribution is -2.41. The summed E-state index contributed by atoms with van der Waals surface area (Å²) in [6, 6.07) is 6.95. The van der Waals surface area contributed by atoms with E-state index in [1.807, 2.05) is 11.5 Å². The van der Waals surface area contributed by atoms with Crippen LogP contribution in [0, 0.1) is 0 Å². The molecule has 2 aromatic rings. The molecular formula is C19H25N5O4S. The van der Waals surface area contributed by atoms with Crippen LogP contribution in [0.25, 0.3) is 0 Å². The number of benzene rings is 1. The zero-order chi connectivity index (χ0) is 20.6. The summed E-state index contributed by atoms with van der Waals surface area (Å²) in [4.78, 5) is 26.5. The molecule has 1 aromatic carbocycles. The number of carbonyl (C=O) groups is 2. The minimum absolute atomic E-state index is 0.0665. The van der Waals surface area contributed by atoms with Gasteiger partial charge in [-0.25, -0.2) is 0 Å². The number of rotatable bonds is 8. The largest absolute Gasteiger partial charge is 0.497 e. The predicted octanol–water partition coefficient (Wildman–Crippen LogP) is 1.19. The van der Waals surface area contributed by atoms with Crippen molar-refractivity contribution < 1.29 is 19.1 Å². The Morgan fingerprint density at radius 2 is 2.07 bits per heavy atom. The van der Waals surface area contributed by atoms with E-state index in [4.69, 9.17) is 9.47 Å². The number of morpholine rings is 1. The third kappa shape index (κ3) is 5.48. The molecule has 0 radical (unpaired) electrons. The van der Waals surface area contributed by atoms with Gasteiger partial charge in [0.1, 0.15) is 5.75 Å². The Morgan fingerprint density at radius 1 is 1.28 bits per heavy atom. The van der Waals surface area contributed by atoms with E-state index in [9.17, 15) is 9.59 Å². The highest BCUT2D eigenvalue weighted by Gasteiger charge is 2.19. The second kappa shape index (κ2) is 10.3. The minimum Gasteiger partial charge on any atom is -0.497 e. The standard InChI is InChI=1S/C19H25N5O4S/c1-3-24-16(12-20-18(26)14-5-4-6-15(11-14)27-2)21-22-19(24)29-13-17(25)23-7-9-28-10-8-23/h4-6,11H,3,7-10,12-13H2,1-2H3,(H,20,26). The van der Waals surface area contributed by atoms with Crippen molar-refractivity contribution in [2.24, 2.45) is 0 Å². The summed E-state index contributed by atoms with van der Waals surface area (Å²) < 4.78 is 12.3. The first kappa shape index (κ1) is 21.1. The Labute approximate surface area is 173 Å². The van der Waals surface area contributed by atoms with Crippen molar-refractivity contribution in [2.45, 2.75) is 25.2 Å². The topological polar surface area (TPSA) is 98.6 Å². The van der Waals surface area contributed by atoms with Crippen LogP contribution < -0.4 is 10.1 Å². The second-order valence-electron chi connectivity index (χ2n) is 6.34. The zero-order valence-electron chi connectivity index (χ0n) is 16.6. The molecule has 0 aliphatic carbocycles. The van der Waals surface area contributed by atoms with E-state index < -0.39 is 0 Å². The number of nitrogens with zero attached hydrogens (tertiary/aromatic N) is 4. The number of aromatic nitrogens is 3. The van der Waals surface area contributed by atoms with Crippen molar-refractivity contribution in [1.29, 1.82) is 0 Å². The van der Waals surface area contributed by atoms with Crippen molar-refractivity contribution in [3.63, 3.8) is 0 Å². The summed E-state index contributed by atoms with van der Waals surface area (Å²) in [6.07, 6.45) is 0. The molecule has 2 amide bonds. The van der Waals surface area contributed by atoms with E-state index in [2.05, 4.69) is 15.5 Å². The SMILES string of the molecule is CCn1c(CNC(=O)c2cccc(OC)c2)nnc1SCC(=O)N1CCOCC1. The monoisotopic (exact) mass is 419 g/mol. The molecule has 1 fully saturated rings. The molecule has 9 nitrogen and oxygen atoms in total. The fourth-order valence-electron chi connectivity index (χ4n) is 2.93. The number of carbonyl (C=O) groups excluding carboxylic acids is 2. The third-order valence-corrected chi connectivity index (χ3v) is 5.49. The molecule has 0 spiro atoms. The number of amides is 2. The Kier molecular flexibility index (Phi) is 7.48. The Hall–Kier alpha value is -2.59. The first-order valence-electron chi connectivity index (χ1n) is 9.45. The van der Waals surface area contributed by atoms with Crippen LogP contribution >= 0.6 is 11.8 Å². The van der Waals surface area contributed by atoms with Gasteiger partial charge in [-0.05, 0) is 25.1 Å². The van der Waals surface area contributed by atoms with Crippen molar-refractivity contribution in [2.75, 3.05) is 39.2 Å². The summed E-state index contributed by atoms with van der Waals surface area (Å²) in [5.74, 6) is 1.42. The molecule has 1 aromatic heterocycles. The summed E-state index contributed by atoms with van der Waals surface area (Å²) in [5, 5.41) is 11.9. The molecule has 1 N–H and O–H groups in total. The van der Waals surface area contributed by atoms with Gasteiger partial charge in [0.05, 0.1) is 32.6 Å². The normalized spacial score (nSPS) is 13.9. The molecular weight excluding hydrogens is 394 g/mol. The molecule has 29 heavy (non-hydrogen) atoms. The van der Waals surface area contributed by atoms with Crippen molar-refractivity contribution in [3.8, 4) is 5.75 Å². The Bertz CT molecular complexity index is 851. The van der Waals surface area contributed by atoms with Crippen LogP contribution in [0.4, 0.5) is 0 Å². The maximum Gasteiger partial charge on any atom is 0.251 e. The minimum atomic E-state index is -0.216. The fraction of sp³-hybridized carbons (Fsp3) is 0.474. The van der Waals surface area contributed by atoms with Gasteiger partial charge in [-0.2, -0.15) is 0 Å². The lowest BCUT2D eigenvalue weighted by atomic mass is 10.2. The first-order valence-corrected chi connectivity index (χ1v) is 10.4. The van der Waals surface area contributed by atoms with Crippen molar-refractivity contribution in [3.05, 3.63) is 35.7 Å². The molecule has 156 valence electrons. The predicted molar refractivity (Wildman–Crippen MR) is 108 cm³/mol. The molecule has 3 rings (SSSR count). The summed E-state index contributed by atoms with van der Waals surface area (Å²) in [5.41, 5.74) is 0.512. The molecule has 0 atom stereocenters. The number of hydrogen-bond acceptors (Lipinski definition) is 7. The van der Waals surface area contributed by atoms with Gasteiger partial charge < -0.3 is 24.3 Å². The fourth-order valence-corrected chi connectivity index (χ4v) is 3.85. The number of hydrogen-bond donors (Lipinski definition) is 1. The van der Waals surface area contributed by atoms with Crippen LogP contribution in [0.1, 0.15) is 23.1 Å². The number of ether oxygens (including phenoxy) is 2. The lowest BCUT2D eigenvalue weighted by molar-refractivity contribution is -0.132. The highest BCUT2D eigenvalue weighted by Crippen LogP contribution is 2.18. The molecule has 10 heteroatoms. The van der Waals surface area contributed by atoms with E-state index in [0.717, 1.165) is 0 Å². The maximum absolute atomic E-state index is 12.4. The summed E-state index contributed by atoms with van der Waals surface area (Å²) in [7, 11) is 1.56. The molecule has 0 saturated carbocycles. The van der Waals surface area contributed by atoms with E-state index >= 15 is 0 Å². The van der Waals surface area contributed by atoms with E-state index in [1.54, 1.807) is 36.3 Å². The second-order valence-corrected chi connectivity index (χ2v) is 7.28. The summed E-state index contributed by atoms with van der Waals surface area (Å²) in [6.45, 7) is 5.28. The smallest absolute Gasteiger partial charge is 0.251 e. The van der Waals surface area contributed by atoms with Gasteiger partial charge in [0.25, 0.3) is 5.91 Å². The van der Waals surface area contributed by atoms with Gasteiger partial charge >= 0.3 is 0 Å². The van der Waals surface area contributed by atoms with Gasteiger partial charge in [-0.1, -0.05) is 17.8 Å². The van der Waals surface area contributed by atoms with Gasteiger partial charge in [0, 0.05) is 25.2 Å². The average molecular weight is 420 g/mol. The van der Waals surface area contributed by atoms with Gasteiger partial charge in [0.2, 0.25) is 5.91 Å². The van der Waals surface area contributed by atoms with Gasteiger partial charge in [-0.15, -0.1) is 10.2 Å². The van der Waals surface area contributed by atoms with Crippen molar-refractivity contribution >= 4 is 23.6 Å². The van der Waals surface area contributed by atoms with E-state index in [-0.39, 0.29) is 18.4 Å². The molecule has 0 unspecified atom stereocenters. The Morgan fingerprint density at radius 3 is 2.79 bits per heavy atom. The molecule has 2 heterocycles. The van der Waals surface area contributed by atoms with E-state index in [1.165, 1.54) is 11.8 Å². The summed E-state index contributed by atoms with van der Waals surface area (Å²) >= 11 is 1.36.